The second-order valence-corrected chi connectivity index (χ2v) is 6.49. The van der Waals surface area contributed by atoms with E-state index in [1.807, 2.05) is 24.3 Å². The minimum absolute atomic E-state index is 0.162. The van der Waals surface area contributed by atoms with Gasteiger partial charge in [-0.1, -0.05) is 73.5 Å². The highest BCUT2D eigenvalue weighted by molar-refractivity contribution is 5.76. The summed E-state index contributed by atoms with van der Waals surface area (Å²) in [4.78, 5) is 12.4. The van der Waals surface area contributed by atoms with Crippen LogP contribution in [-0.2, 0) is 11.2 Å². The average molecular weight is 307 g/mol. The molecule has 3 rings (SSSR count). The fourth-order valence-electron chi connectivity index (χ4n) is 3.57. The molecule has 2 aromatic rings. The highest BCUT2D eigenvalue weighted by atomic mass is 16.1. The monoisotopic (exact) mass is 307 g/mol. The summed E-state index contributed by atoms with van der Waals surface area (Å²) in [7, 11) is 0. The second-order valence-electron chi connectivity index (χ2n) is 6.49. The lowest BCUT2D eigenvalue weighted by molar-refractivity contribution is -0.122. The fraction of sp³-hybridized carbons (Fsp3) is 0.381. The molecule has 1 amide bonds. The molecule has 1 saturated carbocycles. The Bertz CT molecular complexity index is 602. The van der Waals surface area contributed by atoms with E-state index in [2.05, 4.69) is 41.7 Å². The van der Waals surface area contributed by atoms with Crippen LogP contribution in [0.1, 0.15) is 49.3 Å². The Morgan fingerprint density at radius 1 is 0.957 bits per heavy atom. The molecule has 0 saturated heterocycles. The smallest absolute Gasteiger partial charge is 0.220 e. The van der Waals surface area contributed by atoms with Crippen molar-refractivity contribution in [2.45, 2.75) is 44.6 Å². The van der Waals surface area contributed by atoms with Gasteiger partial charge in [-0.25, -0.2) is 0 Å². The molecule has 0 spiro atoms. The largest absolute Gasteiger partial charge is 0.349 e. The fourth-order valence-corrected chi connectivity index (χ4v) is 3.57. The van der Waals surface area contributed by atoms with E-state index in [9.17, 15) is 4.79 Å². The van der Waals surface area contributed by atoms with Gasteiger partial charge in [0, 0.05) is 6.42 Å². The number of amides is 1. The predicted molar refractivity (Wildman–Crippen MR) is 94.0 cm³/mol. The first-order valence-corrected chi connectivity index (χ1v) is 8.71. The van der Waals surface area contributed by atoms with Crippen molar-refractivity contribution in [2.75, 3.05) is 0 Å². The maximum Gasteiger partial charge on any atom is 0.220 e. The molecule has 23 heavy (non-hydrogen) atoms. The van der Waals surface area contributed by atoms with Crippen molar-refractivity contribution in [1.82, 2.24) is 5.32 Å². The third-order valence-electron chi connectivity index (χ3n) is 4.83. The third kappa shape index (κ3) is 4.44. The standard InChI is InChI=1S/C21H25NO/c23-20(16-15-17-9-3-1-4-10-17)22-21(19-13-7-8-14-19)18-11-5-2-6-12-18/h1-6,9-12,19,21H,7-8,13-16H2,(H,22,23)/t21-/m0/s1. The van der Waals surface area contributed by atoms with Gasteiger partial charge in [-0.2, -0.15) is 0 Å². The quantitative estimate of drug-likeness (QED) is 0.825. The zero-order chi connectivity index (χ0) is 15.9. The first kappa shape index (κ1) is 15.8. The first-order chi connectivity index (χ1) is 11.3. The van der Waals surface area contributed by atoms with E-state index >= 15 is 0 Å². The van der Waals surface area contributed by atoms with Gasteiger partial charge in [0.2, 0.25) is 5.91 Å². The van der Waals surface area contributed by atoms with Crippen LogP contribution in [0.2, 0.25) is 0 Å². The molecule has 120 valence electrons. The zero-order valence-corrected chi connectivity index (χ0v) is 13.6. The Kier molecular flexibility index (Phi) is 5.46. The van der Waals surface area contributed by atoms with Gasteiger partial charge in [0.25, 0.3) is 0 Å². The van der Waals surface area contributed by atoms with E-state index in [0.29, 0.717) is 12.3 Å². The van der Waals surface area contributed by atoms with Gasteiger partial charge >= 0.3 is 0 Å². The van der Waals surface area contributed by atoms with Gasteiger partial charge in [-0.3, -0.25) is 4.79 Å². The highest BCUT2D eigenvalue weighted by Crippen LogP contribution is 2.35. The minimum atomic E-state index is 0.162. The molecule has 2 heteroatoms. The lowest BCUT2D eigenvalue weighted by Crippen LogP contribution is -2.32. The summed E-state index contributed by atoms with van der Waals surface area (Å²) < 4.78 is 0. The maximum absolute atomic E-state index is 12.4. The van der Waals surface area contributed by atoms with Crippen LogP contribution in [0.4, 0.5) is 0 Å². The topological polar surface area (TPSA) is 29.1 Å². The Morgan fingerprint density at radius 2 is 1.57 bits per heavy atom. The van der Waals surface area contributed by atoms with Crippen LogP contribution in [0.3, 0.4) is 0 Å². The van der Waals surface area contributed by atoms with Crippen LogP contribution in [0.25, 0.3) is 0 Å². The SMILES string of the molecule is O=C(CCc1ccccc1)N[C@@H](c1ccccc1)C1CCCC1. The number of hydrogen-bond acceptors (Lipinski definition) is 1. The lowest BCUT2D eigenvalue weighted by Gasteiger charge is -2.25. The number of carbonyl (C=O) groups is 1. The van der Waals surface area contributed by atoms with Gasteiger partial charge in [0.1, 0.15) is 0 Å². The van der Waals surface area contributed by atoms with E-state index in [4.69, 9.17) is 0 Å². The van der Waals surface area contributed by atoms with Crippen molar-refractivity contribution in [3.63, 3.8) is 0 Å². The molecule has 1 N–H and O–H groups in total. The van der Waals surface area contributed by atoms with Crippen molar-refractivity contribution >= 4 is 5.91 Å². The Hall–Kier alpha value is -2.09. The van der Waals surface area contributed by atoms with Gasteiger partial charge < -0.3 is 5.32 Å². The minimum Gasteiger partial charge on any atom is -0.349 e. The number of hydrogen-bond donors (Lipinski definition) is 1. The summed E-state index contributed by atoms with van der Waals surface area (Å²) in [6.07, 6.45) is 6.37. The number of carbonyl (C=O) groups excluding carboxylic acids is 1. The molecule has 1 fully saturated rings. The molecule has 2 nitrogen and oxygen atoms in total. The Labute approximate surface area is 138 Å². The van der Waals surface area contributed by atoms with Crippen molar-refractivity contribution in [1.29, 1.82) is 0 Å². The lowest BCUT2D eigenvalue weighted by atomic mass is 9.91. The molecular formula is C21H25NO. The maximum atomic E-state index is 12.4. The van der Waals surface area contributed by atoms with E-state index in [0.717, 1.165) is 6.42 Å². The molecule has 0 aromatic heterocycles. The molecule has 0 heterocycles. The predicted octanol–water partition coefficient (Wildman–Crippen LogP) is 4.67. The molecule has 0 radical (unpaired) electrons. The summed E-state index contributed by atoms with van der Waals surface area (Å²) >= 11 is 0. The van der Waals surface area contributed by atoms with Crippen LogP contribution < -0.4 is 5.32 Å². The first-order valence-electron chi connectivity index (χ1n) is 8.71. The van der Waals surface area contributed by atoms with Crippen molar-refractivity contribution in [3.8, 4) is 0 Å². The molecule has 0 bridgehead atoms. The number of rotatable bonds is 6. The van der Waals surface area contributed by atoms with Crippen LogP contribution in [-0.4, -0.2) is 5.91 Å². The molecular weight excluding hydrogens is 282 g/mol. The van der Waals surface area contributed by atoms with E-state index in [1.165, 1.54) is 36.8 Å². The van der Waals surface area contributed by atoms with Gasteiger partial charge in [0.15, 0.2) is 0 Å². The van der Waals surface area contributed by atoms with Gasteiger partial charge in [-0.15, -0.1) is 0 Å². The number of aryl methyl sites for hydroxylation is 1. The zero-order valence-electron chi connectivity index (χ0n) is 13.6. The summed E-state index contributed by atoms with van der Waals surface area (Å²) in [5, 5.41) is 3.31. The van der Waals surface area contributed by atoms with Crippen molar-refractivity contribution in [2.24, 2.45) is 5.92 Å². The van der Waals surface area contributed by atoms with Crippen LogP contribution >= 0.6 is 0 Å². The Balaban J connectivity index is 1.62. The van der Waals surface area contributed by atoms with Gasteiger partial charge in [0.05, 0.1) is 6.04 Å². The average Bonchev–Trinajstić information content (AvgIpc) is 3.14. The van der Waals surface area contributed by atoms with Crippen LogP contribution in [0, 0.1) is 5.92 Å². The summed E-state index contributed by atoms with van der Waals surface area (Å²) in [5.41, 5.74) is 2.47. The van der Waals surface area contributed by atoms with E-state index in [1.54, 1.807) is 0 Å². The number of benzene rings is 2. The molecule has 0 aliphatic heterocycles. The highest BCUT2D eigenvalue weighted by Gasteiger charge is 2.27. The van der Waals surface area contributed by atoms with Gasteiger partial charge in [-0.05, 0) is 36.3 Å². The second kappa shape index (κ2) is 7.96. The molecule has 1 aliphatic rings. The normalized spacial score (nSPS) is 16.2. The van der Waals surface area contributed by atoms with E-state index < -0.39 is 0 Å². The molecule has 0 unspecified atom stereocenters. The van der Waals surface area contributed by atoms with E-state index in [-0.39, 0.29) is 11.9 Å². The molecule has 2 aromatic carbocycles. The molecule has 1 atom stereocenters. The molecule has 1 aliphatic carbocycles. The van der Waals surface area contributed by atoms with Crippen molar-refractivity contribution in [3.05, 3.63) is 71.8 Å². The third-order valence-corrected chi connectivity index (χ3v) is 4.83. The summed E-state index contributed by atoms with van der Waals surface area (Å²) in [5.74, 6) is 0.743. The number of nitrogens with one attached hydrogen (secondary N) is 1. The van der Waals surface area contributed by atoms with Crippen molar-refractivity contribution < 1.29 is 4.79 Å². The Morgan fingerprint density at radius 3 is 2.22 bits per heavy atom. The van der Waals surface area contributed by atoms with Crippen LogP contribution in [0.15, 0.2) is 60.7 Å². The summed E-state index contributed by atoms with van der Waals surface area (Å²) in [6.45, 7) is 0. The summed E-state index contributed by atoms with van der Waals surface area (Å²) in [6, 6.07) is 20.8. The van der Waals surface area contributed by atoms with Crippen LogP contribution in [0.5, 0.6) is 0 Å².